The zero-order chi connectivity index (χ0) is 12.3. The minimum absolute atomic E-state index is 0.0587. The Balaban J connectivity index is 2.11. The Morgan fingerprint density at radius 2 is 2.18 bits per heavy atom. The van der Waals surface area contributed by atoms with Gasteiger partial charge in [0.25, 0.3) is 0 Å². The molecule has 6 nitrogen and oxygen atoms in total. The summed E-state index contributed by atoms with van der Waals surface area (Å²) in [6.45, 7) is 1.86. The molecule has 0 spiro atoms. The van der Waals surface area contributed by atoms with Crippen molar-refractivity contribution >= 4 is 11.8 Å². The molecule has 0 unspecified atom stereocenters. The predicted molar refractivity (Wildman–Crippen MR) is 57.7 cm³/mol. The largest absolute Gasteiger partial charge is 0.381 e. The number of amides is 2. The quantitative estimate of drug-likeness (QED) is 0.651. The summed E-state index contributed by atoms with van der Waals surface area (Å²) in [7, 11) is 0. The molecule has 2 aliphatic rings. The van der Waals surface area contributed by atoms with Gasteiger partial charge in [-0.2, -0.15) is 5.26 Å². The van der Waals surface area contributed by atoms with E-state index >= 15 is 0 Å². The van der Waals surface area contributed by atoms with Gasteiger partial charge >= 0.3 is 0 Å². The number of hydrogen-bond acceptors (Lipinski definition) is 4. The van der Waals surface area contributed by atoms with Crippen molar-refractivity contribution in [3.05, 3.63) is 0 Å². The van der Waals surface area contributed by atoms with Crippen LogP contribution in [-0.2, 0) is 14.3 Å². The van der Waals surface area contributed by atoms with Crippen LogP contribution in [0.3, 0.4) is 0 Å². The molecular weight excluding hydrogens is 222 g/mol. The maximum Gasteiger partial charge on any atom is 0.243 e. The number of carbonyl (C=O) groups excluding carboxylic acids is 2. The second kappa shape index (κ2) is 4.72. The standard InChI is InChI=1S/C11H15N3O3/c12-8-11(1-5-17-6-2-11)10(16)14-4-3-13-9(15)7-14/h1-7H2,(H,13,15). The first kappa shape index (κ1) is 11.9. The Morgan fingerprint density at radius 1 is 1.47 bits per heavy atom. The number of hydrogen-bond donors (Lipinski definition) is 1. The summed E-state index contributed by atoms with van der Waals surface area (Å²) >= 11 is 0. The number of rotatable bonds is 1. The fourth-order valence-corrected chi connectivity index (χ4v) is 2.21. The van der Waals surface area contributed by atoms with Gasteiger partial charge in [0, 0.05) is 26.3 Å². The highest BCUT2D eigenvalue weighted by Gasteiger charge is 2.43. The van der Waals surface area contributed by atoms with Gasteiger partial charge in [-0.15, -0.1) is 0 Å². The monoisotopic (exact) mass is 237 g/mol. The first-order valence-electron chi connectivity index (χ1n) is 5.73. The van der Waals surface area contributed by atoms with Crippen molar-refractivity contribution in [2.45, 2.75) is 12.8 Å². The van der Waals surface area contributed by atoms with Gasteiger partial charge in [0.1, 0.15) is 5.41 Å². The van der Waals surface area contributed by atoms with Crippen LogP contribution in [0.2, 0.25) is 0 Å². The number of ether oxygens (including phenoxy) is 1. The van der Waals surface area contributed by atoms with Crippen LogP contribution in [-0.4, -0.2) is 49.6 Å². The van der Waals surface area contributed by atoms with Crippen molar-refractivity contribution in [3.63, 3.8) is 0 Å². The lowest BCUT2D eigenvalue weighted by atomic mass is 9.80. The van der Waals surface area contributed by atoms with Crippen LogP contribution in [0, 0.1) is 16.7 Å². The summed E-state index contributed by atoms with van der Waals surface area (Å²) in [6, 6.07) is 2.13. The molecule has 0 aromatic heterocycles. The third-order valence-corrected chi connectivity index (χ3v) is 3.30. The summed E-state index contributed by atoms with van der Waals surface area (Å²) in [5.41, 5.74) is -0.990. The minimum atomic E-state index is -0.990. The van der Waals surface area contributed by atoms with E-state index in [9.17, 15) is 14.9 Å². The summed E-state index contributed by atoms with van der Waals surface area (Å²) in [5.74, 6) is -0.386. The number of carbonyl (C=O) groups is 2. The molecule has 2 rings (SSSR count). The third kappa shape index (κ3) is 2.24. The average Bonchev–Trinajstić information content (AvgIpc) is 2.38. The zero-order valence-corrected chi connectivity index (χ0v) is 9.57. The lowest BCUT2D eigenvalue weighted by Gasteiger charge is -2.36. The highest BCUT2D eigenvalue weighted by Crippen LogP contribution is 2.32. The Hall–Kier alpha value is -1.61. The molecule has 2 saturated heterocycles. The van der Waals surface area contributed by atoms with Gasteiger partial charge in [-0.3, -0.25) is 9.59 Å². The minimum Gasteiger partial charge on any atom is -0.381 e. The van der Waals surface area contributed by atoms with E-state index in [0.717, 1.165) is 0 Å². The van der Waals surface area contributed by atoms with Gasteiger partial charge in [-0.1, -0.05) is 0 Å². The molecule has 6 heteroatoms. The van der Waals surface area contributed by atoms with Crippen LogP contribution in [0.25, 0.3) is 0 Å². The van der Waals surface area contributed by atoms with Crippen molar-refractivity contribution < 1.29 is 14.3 Å². The smallest absolute Gasteiger partial charge is 0.243 e. The van der Waals surface area contributed by atoms with E-state index in [1.807, 2.05) is 0 Å². The van der Waals surface area contributed by atoms with E-state index in [4.69, 9.17) is 4.74 Å². The fourth-order valence-electron chi connectivity index (χ4n) is 2.21. The predicted octanol–water partition coefficient (Wildman–Crippen LogP) is -0.735. The van der Waals surface area contributed by atoms with Crippen LogP contribution >= 0.6 is 0 Å². The molecule has 0 bridgehead atoms. The van der Waals surface area contributed by atoms with Crippen LogP contribution in [0.15, 0.2) is 0 Å². The Bertz CT molecular complexity index is 369. The van der Waals surface area contributed by atoms with Crippen molar-refractivity contribution in [1.82, 2.24) is 10.2 Å². The Kier molecular flexibility index (Phi) is 3.29. The van der Waals surface area contributed by atoms with Crippen LogP contribution in [0.4, 0.5) is 0 Å². The van der Waals surface area contributed by atoms with E-state index in [2.05, 4.69) is 11.4 Å². The fraction of sp³-hybridized carbons (Fsp3) is 0.727. The van der Waals surface area contributed by atoms with E-state index in [1.54, 1.807) is 0 Å². The molecule has 0 aliphatic carbocycles. The molecule has 2 amide bonds. The van der Waals surface area contributed by atoms with Gasteiger partial charge in [-0.25, -0.2) is 0 Å². The molecule has 0 aromatic carbocycles. The van der Waals surface area contributed by atoms with Gasteiger partial charge in [0.05, 0.1) is 12.6 Å². The molecule has 1 N–H and O–H groups in total. The second-order valence-corrected chi connectivity index (χ2v) is 4.38. The molecule has 0 radical (unpaired) electrons. The normalized spacial score (nSPS) is 23.7. The topological polar surface area (TPSA) is 82.4 Å². The highest BCUT2D eigenvalue weighted by molar-refractivity contribution is 5.90. The average molecular weight is 237 g/mol. The van der Waals surface area contributed by atoms with Crippen LogP contribution in [0.5, 0.6) is 0 Å². The number of nitriles is 1. The zero-order valence-electron chi connectivity index (χ0n) is 9.57. The van der Waals surface area contributed by atoms with E-state index in [-0.39, 0.29) is 18.4 Å². The first-order valence-corrected chi connectivity index (χ1v) is 5.73. The summed E-state index contributed by atoms with van der Waals surface area (Å²) < 4.78 is 5.18. The van der Waals surface area contributed by atoms with E-state index in [0.29, 0.717) is 39.1 Å². The second-order valence-electron chi connectivity index (χ2n) is 4.38. The number of nitrogens with one attached hydrogen (secondary N) is 1. The number of piperazine rings is 1. The molecular formula is C11H15N3O3. The lowest BCUT2D eigenvalue weighted by Crippen LogP contribution is -2.55. The van der Waals surface area contributed by atoms with E-state index < -0.39 is 5.41 Å². The molecule has 0 saturated carbocycles. The molecule has 92 valence electrons. The Morgan fingerprint density at radius 3 is 2.76 bits per heavy atom. The van der Waals surface area contributed by atoms with Crippen LogP contribution < -0.4 is 5.32 Å². The first-order chi connectivity index (χ1) is 8.18. The lowest BCUT2D eigenvalue weighted by molar-refractivity contribution is -0.147. The Labute approximate surface area is 99.5 Å². The van der Waals surface area contributed by atoms with Gasteiger partial charge < -0.3 is 15.0 Å². The summed E-state index contributed by atoms with van der Waals surface area (Å²) in [5, 5.41) is 11.9. The van der Waals surface area contributed by atoms with Gasteiger partial charge in [0.2, 0.25) is 11.8 Å². The molecule has 2 aliphatic heterocycles. The van der Waals surface area contributed by atoms with E-state index in [1.165, 1.54) is 4.90 Å². The maximum atomic E-state index is 12.3. The molecule has 2 heterocycles. The SMILES string of the molecule is N#CC1(C(=O)N2CCNC(=O)C2)CCOCC1. The summed E-state index contributed by atoms with van der Waals surface area (Å²) in [4.78, 5) is 25.0. The van der Waals surface area contributed by atoms with Crippen molar-refractivity contribution in [2.75, 3.05) is 32.8 Å². The third-order valence-electron chi connectivity index (χ3n) is 3.30. The highest BCUT2D eigenvalue weighted by atomic mass is 16.5. The van der Waals surface area contributed by atoms with Crippen LogP contribution in [0.1, 0.15) is 12.8 Å². The van der Waals surface area contributed by atoms with Gasteiger partial charge in [0.15, 0.2) is 0 Å². The molecule has 0 atom stereocenters. The van der Waals surface area contributed by atoms with Crippen molar-refractivity contribution in [2.24, 2.45) is 5.41 Å². The molecule has 17 heavy (non-hydrogen) atoms. The molecule has 0 aromatic rings. The van der Waals surface area contributed by atoms with Gasteiger partial charge in [-0.05, 0) is 12.8 Å². The molecule has 2 fully saturated rings. The number of nitrogens with zero attached hydrogens (tertiary/aromatic N) is 2. The maximum absolute atomic E-state index is 12.3. The van der Waals surface area contributed by atoms with Crippen molar-refractivity contribution in [3.8, 4) is 6.07 Å². The van der Waals surface area contributed by atoms with Crippen molar-refractivity contribution in [1.29, 1.82) is 5.26 Å². The summed E-state index contributed by atoms with van der Waals surface area (Å²) in [6.07, 6.45) is 0.834.